The van der Waals surface area contributed by atoms with E-state index < -0.39 is 5.97 Å². The smallest absolute Gasteiger partial charge is 0.306 e. The first-order valence-electron chi connectivity index (χ1n) is 17.5. The van der Waals surface area contributed by atoms with Crippen LogP contribution in [-0.4, -0.2) is 120 Å². The molecule has 1 saturated carbocycles. The lowest BCUT2D eigenvalue weighted by Crippen LogP contribution is -2.51. The number of aliphatic carboxylic acids is 1. The lowest BCUT2D eigenvalue weighted by atomic mass is 9.87. The summed E-state index contributed by atoms with van der Waals surface area (Å²) in [7, 11) is 3.62. The number of para-hydroxylation sites is 1. The standard InChI is InChI=1S/C37H47Cl2N5O6/c1-41-22-30(29-5-3-4-6-34(29)41)36(46)40-33-20-31(38)25(17-32(33)39)18-35(45)44-21-26(43-13-11-42(12-14-43)15-16-49-2)19-27(44)23-50-28-9-7-24(8-10-28)37(47)48/h3-6,17,20,22,24,26-28H,7-16,18-19,21,23H2,1-2H3,(H,40,46)(H,47,48)/t24-,26-,27-,28-/m0/s1. The van der Waals surface area contributed by atoms with Crippen LogP contribution in [0.3, 0.4) is 0 Å². The van der Waals surface area contributed by atoms with Crippen LogP contribution >= 0.6 is 23.2 Å². The van der Waals surface area contributed by atoms with Crippen molar-refractivity contribution in [3.8, 4) is 0 Å². The number of nitrogens with one attached hydrogen (secondary N) is 1. The minimum atomic E-state index is -0.736. The van der Waals surface area contributed by atoms with Gasteiger partial charge in [0.2, 0.25) is 5.91 Å². The lowest BCUT2D eigenvalue weighted by Gasteiger charge is -2.37. The number of carboxylic acid groups (broad SMARTS) is 1. The van der Waals surface area contributed by atoms with Crippen LogP contribution in [0.4, 0.5) is 5.69 Å². The molecule has 3 fully saturated rings. The Hall–Kier alpha value is -3.19. The minimum Gasteiger partial charge on any atom is -0.481 e. The number of rotatable bonds is 12. The van der Waals surface area contributed by atoms with E-state index in [0.717, 1.165) is 50.0 Å². The topological polar surface area (TPSA) is 117 Å². The highest BCUT2D eigenvalue weighted by Gasteiger charge is 2.39. The zero-order valence-corrected chi connectivity index (χ0v) is 30.3. The summed E-state index contributed by atoms with van der Waals surface area (Å²) < 4.78 is 13.5. The molecule has 270 valence electrons. The Morgan fingerprint density at radius 2 is 1.74 bits per heavy atom. The average Bonchev–Trinajstić information content (AvgIpc) is 3.70. The maximum absolute atomic E-state index is 14.0. The molecule has 2 amide bonds. The maximum atomic E-state index is 14.0. The molecule has 2 aliphatic heterocycles. The van der Waals surface area contributed by atoms with Crippen molar-refractivity contribution in [2.24, 2.45) is 13.0 Å². The molecule has 0 unspecified atom stereocenters. The highest BCUT2D eigenvalue weighted by atomic mass is 35.5. The van der Waals surface area contributed by atoms with Gasteiger partial charge in [-0.3, -0.25) is 24.2 Å². The fourth-order valence-corrected chi connectivity index (χ4v) is 8.18. The Balaban J connectivity index is 1.12. The van der Waals surface area contributed by atoms with Crippen molar-refractivity contribution in [1.82, 2.24) is 19.3 Å². The number of carbonyl (C=O) groups is 3. The van der Waals surface area contributed by atoms with E-state index in [-0.39, 0.29) is 42.3 Å². The number of hydrogen-bond acceptors (Lipinski definition) is 7. The molecule has 1 aliphatic carbocycles. The monoisotopic (exact) mass is 727 g/mol. The van der Waals surface area contributed by atoms with Crippen molar-refractivity contribution in [2.45, 2.75) is 56.7 Å². The Labute approximate surface area is 303 Å². The Morgan fingerprint density at radius 1 is 1.00 bits per heavy atom. The summed E-state index contributed by atoms with van der Waals surface area (Å²) in [5.74, 6) is -1.40. The summed E-state index contributed by atoms with van der Waals surface area (Å²) in [5.41, 5.74) is 2.43. The first-order chi connectivity index (χ1) is 24.1. The lowest BCUT2D eigenvalue weighted by molar-refractivity contribution is -0.144. The SMILES string of the molecule is COCCN1CCN([C@H]2C[C@@H](CO[C@H]3CC[C@H](C(=O)O)CC3)N(C(=O)Cc3cc(Cl)c(NC(=O)c4cn(C)c5ccccc45)cc3Cl)C2)CC1. The highest BCUT2D eigenvalue weighted by Crippen LogP contribution is 2.33. The fraction of sp³-hybridized carbons (Fsp3) is 0.541. The molecule has 50 heavy (non-hydrogen) atoms. The van der Waals surface area contributed by atoms with E-state index in [0.29, 0.717) is 72.3 Å². The molecule has 2 saturated heterocycles. The molecule has 0 spiro atoms. The normalized spacial score (nSPS) is 23.4. The first-order valence-corrected chi connectivity index (χ1v) is 18.3. The molecule has 6 rings (SSSR count). The van der Waals surface area contributed by atoms with Crippen LogP contribution in [-0.2, 0) is 32.5 Å². The van der Waals surface area contributed by atoms with E-state index in [4.69, 9.17) is 32.7 Å². The second-order valence-corrected chi connectivity index (χ2v) is 14.6. The predicted octanol–water partition coefficient (Wildman–Crippen LogP) is 5.17. The van der Waals surface area contributed by atoms with Gasteiger partial charge in [-0.25, -0.2) is 0 Å². The van der Waals surface area contributed by atoms with Gasteiger partial charge >= 0.3 is 5.97 Å². The zero-order valence-electron chi connectivity index (χ0n) is 28.8. The van der Waals surface area contributed by atoms with Crippen LogP contribution in [0.25, 0.3) is 10.9 Å². The van der Waals surface area contributed by atoms with Gasteiger partial charge in [-0.05, 0) is 55.9 Å². The van der Waals surface area contributed by atoms with Gasteiger partial charge in [-0.1, -0.05) is 41.4 Å². The van der Waals surface area contributed by atoms with Gasteiger partial charge in [-0.15, -0.1) is 0 Å². The van der Waals surface area contributed by atoms with Crippen molar-refractivity contribution in [1.29, 1.82) is 0 Å². The summed E-state index contributed by atoms with van der Waals surface area (Å²) in [6.07, 6.45) is 5.30. The number of piperazine rings is 1. The molecule has 2 N–H and O–H groups in total. The number of anilines is 1. The average molecular weight is 729 g/mol. The van der Waals surface area contributed by atoms with Crippen molar-refractivity contribution in [3.05, 3.63) is 63.8 Å². The number of benzene rings is 2. The van der Waals surface area contributed by atoms with Gasteiger partial charge in [0.15, 0.2) is 0 Å². The first kappa shape index (κ1) is 36.6. The van der Waals surface area contributed by atoms with E-state index in [1.165, 1.54) is 0 Å². The second kappa shape index (κ2) is 16.4. The van der Waals surface area contributed by atoms with Gasteiger partial charge in [0.1, 0.15) is 0 Å². The van der Waals surface area contributed by atoms with E-state index in [1.54, 1.807) is 25.4 Å². The Morgan fingerprint density at radius 3 is 2.46 bits per heavy atom. The van der Waals surface area contributed by atoms with Gasteiger partial charge < -0.3 is 29.4 Å². The summed E-state index contributed by atoms with van der Waals surface area (Å²) in [6.45, 7) is 6.40. The summed E-state index contributed by atoms with van der Waals surface area (Å²) in [6, 6.07) is 11.1. The number of carbonyl (C=O) groups excluding carboxylic acids is 2. The van der Waals surface area contributed by atoms with Crippen LogP contribution in [0.2, 0.25) is 10.0 Å². The zero-order chi connectivity index (χ0) is 35.4. The molecule has 2 atom stereocenters. The number of methoxy groups -OCH3 is 1. The molecule has 3 aromatic rings. The second-order valence-electron chi connectivity index (χ2n) is 13.8. The van der Waals surface area contributed by atoms with Gasteiger partial charge in [-0.2, -0.15) is 0 Å². The third-order valence-corrected chi connectivity index (χ3v) is 11.3. The van der Waals surface area contributed by atoms with Crippen molar-refractivity contribution in [2.75, 3.05) is 64.9 Å². The molecule has 0 bridgehead atoms. The van der Waals surface area contributed by atoms with Gasteiger partial charge in [0.05, 0.1) is 54.0 Å². The van der Waals surface area contributed by atoms with Crippen molar-refractivity contribution in [3.63, 3.8) is 0 Å². The van der Waals surface area contributed by atoms with Gasteiger partial charge in [0, 0.05) is 81.6 Å². The number of fused-ring (bicyclic) bond motifs is 1. The minimum absolute atomic E-state index is 0.00388. The molecule has 1 aromatic heterocycles. The number of likely N-dealkylation sites (tertiary alicyclic amines) is 1. The largest absolute Gasteiger partial charge is 0.481 e. The van der Waals surface area contributed by atoms with Crippen LogP contribution in [0, 0.1) is 5.92 Å². The molecule has 2 aromatic carbocycles. The fourth-order valence-electron chi connectivity index (χ4n) is 7.71. The predicted molar refractivity (Wildman–Crippen MR) is 194 cm³/mol. The van der Waals surface area contributed by atoms with E-state index in [9.17, 15) is 19.5 Å². The number of carboxylic acids is 1. The number of aryl methyl sites for hydroxylation is 1. The number of ether oxygens (including phenoxy) is 2. The van der Waals surface area contributed by atoms with Crippen LogP contribution < -0.4 is 5.32 Å². The molecular formula is C37H47Cl2N5O6. The molecular weight excluding hydrogens is 681 g/mol. The Kier molecular flexibility index (Phi) is 12.0. The van der Waals surface area contributed by atoms with Crippen molar-refractivity contribution < 1.29 is 29.0 Å². The summed E-state index contributed by atoms with van der Waals surface area (Å²) >= 11 is 13.4. The quantitative estimate of drug-likeness (QED) is 0.263. The van der Waals surface area contributed by atoms with Crippen LogP contribution in [0.5, 0.6) is 0 Å². The van der Waals surface area contributed by atoms with E-state index in [1.807, 2.05) is 40.8 Å². The third-order valence-electron chi connectivity index (χ3n) is 10.7. The number of nitrogens with zero attached hydrogens (tertiary/aromatic N) is 4. The number of hydrogen-bond donors (Lipinski definition) is 2. The molecule has 13 heteroatoms. The Bertz CT molecular complexity index is 1680. The molecule has 11 nitrogen and oxygen atoms in total. The third kappa shape index (κ3) is 8.46. The molecule has 3 aliphatic rings. The summed E-state index contributed by atoms with van der Waals surface area (Å²) in [4.78, 5) is 45.6. The molecule has 0 radical (unpaired) electrons. The maximum Gasteiger partial charge on any atom is 0.306 e. The van der Waals surface area contributed by atoms with E-state index in [2.05, 4.69) is 15.1 Å². The van der Waals surface area contributed by atoms with Crippen molar-refractivity contribution >= 4 is 57.6 Å². The number of amides is 2. The number of aromatic nitrogens is 1. The molecule has 3 heterocycles. The highest BCUT2D eigenvalue weighted by molar-refractivity contribution is 6.36. The number of halogens is 2. The summed E-state index contributed by atoms with van der Waals surface area (Å²) in [5, 5.41) is 13.8. The van der Waals surface area contributed by atoms with E-state index >= 15 is 0 Å². The van der Waals surface area contributed by atoms with Crippen LogP contribution in [0.1, 0.15) is 48.0 Å². The van der Waals surface area contributed by atoms with Crippen LogP contribution in [0.15, 0.2) is 42.6 Å². The van der Waals surface area contributed by atoms with Gasteiger partial charge in [0.25, 0.3) is 5.91 Å².